The van der Waals surface area contributed by atoms with Crippen LogP contribution in [0.25, 0.3) is 0 Å². The lowest BCUT2D eigenvalue weighted by atomic mass is 10.1. The SMILES string of the molecule is Nc1nc(C2CC2)nc(C2CCS(=O)(=O)C2)n1. The van der Waals surface area contributed by atoms with Crippen molar-refractivity contribution >= 4 is 15.8 Å². The van der Waals surface area contributed by atoms with E-state index in [-0.39, 0.29) is 23.4 Å². The lowest BCUT2D eigenvalue weighted by molar-refractivity contribution is 0.600. The molecule has 6 nitrogen and oxygen atoms in total. The van der Waals surface area contributed by atoms with Crippen LogP contribution in [-0.4, -0.2) is 34.9 Å². The van der Waals surface area contributed by atoms with E-state index in [0.717, 1.165) is 18.7 Å². The zero-order chi connectivity index (χ0) is 12.0. The summed E-state index contributed by atoms with van der Waals surface area (Å²) in [6, 6.07) is 0. The van der Waals surface area contributed by atoms with E-state index in [0.29, 0.717) is 18.2 Å². The van der Waals surface area contributed by atoms with E-state index in [1.807, 2.05) is 0 Å². The van der Waals surface area contributed by atoms with Gasteiger partial charge in [-0.3, -0.25) is 0 Å². The third-order valence-corrected chi connectivity index (χ3v) is 5.00. The van der Waals surface area contributed by atoms with Crippen LogP contribution in [0.3, 0.4) is 0 Å². The number of nitrogens with zero attached hydrogens (tertiary/aromatic N) is 3. The van der Waals surface area contributed by atoms with Crippen LogP contribution in [0.5, 0.6) is 0 Å². The summed E-state index contributed by atoms with van der Waals surface area (Å²) in [5.41, 5.74) is 5.65. The van der Waals surface area contributed by atoms with Gasteiger partial charge in [-0.2, -0.15) is 9.97 Å². The number of anilines is 1. The predicted octanol–water partition coefficient (Wildman–Crippen LogP) is 0.233. The maximum atomic E-state index is 11.4. The smallest absolute Gasteiger partial charge is 0.223 e. The zero-order valence-electron chi connectivity index (χ0n) is 9.33. The molecule has 1 aromatic rings. The number of hydrogen-bond donors (Lipinski definition) is 1. The summed E-state index contributed by atoms with van der Waals surface area (Å²) in [5, 5.41) is 0. The lowest BCUT2D eigenvalue weighted by Gasteiger charge is -2.08. The van der Waals surface area contributed by atoms with Gasteiger partial charge in [-0.25, -0.2) is 13.4 Å². The normalized spacial score (nSPS) is 27.2. The van der Waals surface area contributed by atoms with E-state index in [4.69, 9.17) is 5.73 Å². The van der Waals surface area contributed by atoms with Crippen molar-refractivity contribution in [1.82, 2.24) is 15.0 Å². The van der Waals surface area contributed by atoms with Crippen LogP contribution in [0.1, 0.15) is 42.7 Å². The highest BCUT2D eigenvalue weighted by Crippen LogP contribution is 2.38. The average Bonchev–Trinajstić information content (AvgIpc) is 3.02. The fourth-order valence-electron chi connectivity index (χ4n) is 2.13. The topological polar surface area (TPSA) is 98.8 Å². The minimum Gasteiger partial charge on any atom is -0.368 e. The van der Waals surface area contributed by atoms with Gasteiger partial charge in [0.15, 0.2) is 9.84 Å². The van der Waals surface area contributed by atoms with Crippen molar-refractivity contribution in [2.24, 2.45) is 0 Å². The molecule has 0 aromatic carbocycles. The van der Waals surface area contributed by atoms with Crippen LogP contribution in [-0.2, 0) is 9.84 Å². The number of aromatic nitrogens is 3. The summed E-state index contributed by atoms with van der Waals surface area (Å²) in [5.74, 6) is 2.15. The van der Waals surface area contributed by atoms with Crippen LogP contribution in [0.4, 0.5) is 5.95 Å². The van der Waals surface area contributed by atoms with Crippen LogP contribution in [0.15, 0.2) is 0 Å². The molecule has 1 saturated heterocycles. The first-order valence-electron chi connectivity index (χ1n) is 5.75. The second-order valence-electron chi connectivity index (χ2n) is 4.78. The summed E-state index contributed by atoms with van der Waals surface area (Å²) in [6.07, 6.45) is 2.77. The van der Waals surface area contributed by atoms with Crippen molar-refractivity contribution in [2.45, 2.75) is 31.1 Å². The second kappa shape index (κ2) is 3.63. The van der Waals surface area contributed by atoms with E-state index in [1.54, 1.807) is 0 Å². The Hall–Kier alpha value is -1.24. The van der Waals surface area contributed by atoms with Crippen molar-refractivity contribution in [3.63, 3.8) is 0 Å². The highest BCUT2D eigenvalue weighted by Gasteiger charge is 2.33. The van der Waals surface area contributed by atoms with Gasteiger partial charge < -0.3 is 5.73 Å². The number of hydrogen-bond acceptors (Lipinski definition) is 6. The van der Waals surface area contributed by atoms with Crippen molar-refractivity contribution in [1.29, 1.82) is 0 Å². The van der Waals surface area contributed by atoms with Crippen molar-refractivity contribution in [3.8, 4) is 0 Å². The average molecular weight is 254 g/mol. The monoisotopic (exact) mass is 254 g/mol. The molecule has 2 N–H and O–H groups in total. The van der Waals surface area contributed by atoms with Gasteiger partial charge in [-0.15, -0.1) is 0 Å². The minimum absolute atomic E-state index is 0.109. The highest BCUT2D eigenvalue weighted by molar-refractivity contribution is 7.91. The maximum Gasteiger partial charge on any atom is 0.223 e. The van der Waals surface area contributed by atoms with Crippen LogP contribution < -0.4 is 5.73 Å². The Bertz CT molecular complexity index is 553. The molecule has 1 aliphatic heterocycles. The van der Waals surface area contributed by atoms with Gasteiger partial charge in [0.25, 0.3) is 0 Å². The molecule has 0 radical (unpaired) electrons. The Morgan fingerprint density at radius 1 is 1.00 bits per heavy atom. The number of nitrogen functional groups attached to an aromatic ring is 1. The number of sulfone groups is 1. The second-order valence-corrected chi connectivity index (χ2v) is 7.01. The number of nitrogens with two attached hydrogens (primary N) is 1. The van der Waals surface area contributed by atoms with Crippen LogP contribution >= 0.6 is 0 Å². The van der Waals surface area contributed by atoms with E-state index >= 15 is 0 Å². The van der Waals surface area contributed by atoms with Gasteiger partial charge in [0.05, 0.1) is 11.5 Å². The molecule has 92 valence electrons. The lowest BCUT2D eigenvalue weighted by Crippen LogP contribution is -2.12. The Morgan fingerprint density at radius 3 is 2.18 bits per heavy atom. The summed E-state index contributed by atoms with van der Waals surface area (Å²) in [6.45, 7) is 0. The van der Waals surface area contributed by atoms with Gasteiger partial charge in [-0.1, -0.05) is 0 Å². The first-order valence-corrected chi connectivity index (χ1v) is 7.57. The summed E-state index contributed by atoms with van der Waals surface area (Å²) in [4.78, 5) is 12.6. The Balaban J connectivity index is 1.92. The van der Waals surface area contributed by atoms with Crippen molar-refractivity contribution in [2.75, 3.05) is 17.2 Å². The molecule has 2 heterocycles. The summed E-state index contributed by atoms with van der Waals surface area (Å²) < 4.78 is 22.9. The molecule has 0 spiro atoms. The fraction of sp³-hybridized carbons (Fsp3) is 0.700. The molecule has 17 heavy (non-hydrogen) atoms. The van der Waals surface area contributed by atoms with E-state index in [1.165, 1.54) is 0 Å². The molecule has 1 atom stereocenters. The molecular formula is C10H14N4O2S. The third-order valence-electron chi connectivity index (χ3n) is 3.23. The first-order chi connectivity index (χ1) is 8.03. The largest absolute Gasteiger partial charge is 0.368 e. The van der Waals surface area contributed by atoms with E-state index in [9.17, 15) is 8.42 Å². The number of rotatable bonds is 2. The molecule has 2 aliphatic rings. The molecule has 1 saturated carbocycles. The molecule has 1 unspecified atom stereocenters. The van der Waals surface area contributed by atoms with Gasteiger partial charge in [-0.05, 0) is 19.3 Å². The molecule has 0 amide bonds. The molecule has 1 aromatic heterocycles. The van der Waals surface area contributed by atoms with Gasteiger partial charge in [0.1, 0.15) is 11.6 Å². The Kier molecular flexibility index (Phi) is 2.32. The van der Waals surface area contributed by atoms with Gasteiger partial charge in [0, 0.05) is 11.8 Å². The highest BCUT2D eigenvalue weighted by atomic mass is 32.2. The van der Waals surface area contributed by atoms with Crippen molar-refractivity contribution in [3.05, 3.63) is 11.6 Å². The molecule has 0 bridgehead atoms. The van der Waals surface area contributed by atoms with Crippen LogP contribution in [0.2, 0.25) is 0 Å². The Labute approximate surface area is 99.6 Å². The summed E-state index contributed by atoms with van der Waals surface area (Å²) >= 11 is 0. The van der Waals surface area contributed by atoms with Gasteiger partial charge in [0.2, 0.25) is 5.95 Å². The van der Waals surface area contributed by atoms with Crippen molar-refractivity contribution < 1.29 is 8.42 Å². The molecule has 2 fully saturated rings. The van der Waals surface area contributed by atoms with E-state index < -0.39 is 9.84 Å². The van der Waals surface area contributed by atoms with Gasteiger partial charge >= 0.3 is 0 Å². The fourth-order valence-corrected chi connectivity index (χ4v) is 3.87. The third kappa shape index (κ3) is 2.24. The minimum atomic E-state index is -2.92. The van der Waals surface area contributed by atoms with E-state index in [2.05, 4.69) is 15.0 Å². The molecule has 3 rings (SSSR count). The predicted molar refractivity (Wildman–Crippen MR) is 62.2 cm³/mol. The quantitative estimate of drug-likeness (QED) is 0.811. The Morgan fingerprint density at radius 2 is 1.65 bits per heavy atom. The molecular weight excluding hydrogens is 240 g/mol. The maximum absolute atomic E-state index is 11.4. The van der Waals surface area contributed by atoms with Crippen LogP contribution in [0, 0.1) is 0 Å². The molecule has 7 heteroatoms. The standard InChI is InChI=1S/C10H14N4O2S/c11-10-13-8(6-1-2-6)12-9(14-10)7-3-4-17(15,16)5-7/h6-7H,1-5H2,(H2,11,12,13,14). The molecule has 1 aliphatic carbocycles. The first kappa shape index (κ1) is 10.9. The summed E-state index contributed by atoms with van der Waals surface area (Å²) in [7, 11) is -2.92. The zero-order valence-corrected chi connectivity index (χ0v) is 10.2.